The lowest BCUT2D eigenvalue weighted by Gasteiger charge is -2.26. The minimum atomic E-state index is -0.793. The topological polar surface area (TPSA) is 85.3 Å². The van der Waals surface area contributed by atoms with Crippen LogP contribution in [0.3, 0.4) is 0 Å². The molecule has 7 nitrogen and oxygen atoms in total. The van der Waals surface area contributed by atoms with Crippen LogP contribution < -0.4 is 9.47 Å². The van der Waals surface area contributed by atoms with Crippen molar-refractivity contribution in [3.8, 4) is 11.5 Å². The van der Waals surface area contributed by atoms with E-state index in [1.165, 1.54) is 19.1 Å². The Labute approximate surface area is 188 Å². The van der Waals surface area contributed by atoms with Crippen molar-refractivity contribution in [2.24, 2.45) is 5.92 Å². The molecule has 0 aliphatic carbocycles. The van der Waals surface area contributed by atoms with Gasteiger partial charge in [0.05, 0.1) is 31.9 Å². The molecule has 2 aromatic rings. The molecule has 0 spiro atoms. The third-order valence-corrected chi connectivity index (χ3v) is 5.22. The highest BCUT2D eigenvalue weighted by atomic mass is 16.5. The molecule has 1 aliphatic rings. The van der Waals surface area contributed by atoms with Crippen molar-refractivity contribution in [3.05, 3.63) is 65.2 Å². The quantitative estimate of drug-likeness (QED) is 0.363. The summed E-state index contributed by atoms with van der Waals surface area (Å²) in [5, 5.41) is 11.1. The van der Waals surface area contributed by atoms with Crippen molar-refractivity contribution in [2.45, 2.75) is 19.9 Å². The molecule has 32 heavy (non-hydrogen) atoms. The number of methoxy groups -OCH3 is 2. The molecule has 0 aromatic heterocycles. The van der Waals surface area contributed by atoms with Crippen LogP contribution >= 0.6 is 0 Å². The summed E-state index contributed by atoms with van der Waals surface area (Å²) >= 11 is 0. The molecule has 2 aromatic carbocycles. The summed E-state index contributed by atoms with van der Waals surface area (Å²) in [6.45, 7) is 5.13. The Balaban J connectivity index is 2.07. The van der Waals surface area contributed by atoms with Crippen LogP contribution in [0.5, 0.6) is 11.5 Å². The number of rotatable bonds is 9. The Morgan fingerprint density at radius 3 is 2.38 bits per heavy atom. The maximum Gasteiger partial charge on any atom is 0.295 e. The van der Waals surface area contributed by atoms with Gasteiger partial charge in [0.2, 0.25) is 0 Å². The van der Waals surface area contributed by atoms with Crippen LogP contribution in [0.1, 0.15) is 31.0 Å². The highest BCUT2D eigenvalue weighted by Gasteiger charge is 2.46. The standard InChI is InChI=1S/C25H29NO6/c1-16(2)15-32-18-11-9-17(10-12-18)23(27)21-22(19-7-5-6-8-20(19)31-4)26(13-14-30-3)25(29)24(21)28/h5-12,16,22,27H,13-15H2,1-4H3/b23-21+. The fraction of sp³-hybridized carbons (Fsp3) is 0.360. The largest absolute Gasteiger partial charge is 0.507 e. The van der Waals surface area contributed by atoms with Crippen molar-refractivity contribution in [3.63, 3.8) is 0 Å². The summed E-state index contributed by atoms with van der Waals surface area (Å²) in [5.41, 5.74) is 1.06. The van der Waals surface area contributed by atoms with Crippen molar-refractivity contribution in [2.75, 3.05) is 34.0 Å². The number of likely N-dealkylation sites (tertiary alicyclic amines) is 1. The summed E-state index contributed by atoms with van der Waals surface area (Å²) in [6.07, 6.45) is 0. The molecule has 1 N–H and O–H groups in total. The van der Waals surface area contributed by atoms with E-state index in [1.54, 1.807) is 48.5 Å². The molecule has 3 rings (SSSR count). The zero-order valence-corrected chi connectivity index (χ0v) is 18.8. The Morgan fingerprint density at radius 2 is 1.75 bits per heavy atom. The van der Waals surface area contributed by atoms with Crippen LogP contribution in [-0.2, 0) is 14.3 Å². The SMILES string of the molecule is COCCN1C(=O)C(=O)/C(=C(/O)c2ccc(OCC(C)C)cc2)C1c1ccccc1OC. The zero-order chi connectivity index (χ0) is 23.3. The van der Waals surface area contributed by atoms with Crippen LogP contribution in [0.25, 0.3) is 5.76 Å². The first-order valence-corrected chi connectivity index (χ1v) is 10.5. The molecule has 1 saturated heterocycles. The Bertz CT molecular complexity index is 996. The maximum atomic E-state index is 13.0. The maximum absolute atomic E-state index is 13.0. The molecule has 1 amide bonds. The molecule has 1 atom stereocenters. The first-order valence-electron chi connectivity index (χ1n) is 10.5. The molecule has 0 radical (unpaired) electrons. The fourth-order valence-electron chi connectivity index (χ4n) is 3.64. The second kappa shape index (κ2) is 10.3. The summed E-state index contributed by atoms with van der Waals surface area (Å²) in [7, 11) is 3.05. The van der Waals surface area contributed by atoms with E-state index in [4.69, 9.17) is 14.2 Å². The number of para-hydroxylation sites is 1. The predicted octanol–water partition coefficient (Wildman–Crippen LogP) is 3.80. The van der Waals surface area contributed by atoms with Gasteiger partial charge in [0, 0.05) is 24.8 Å². The number of hydrogen-bond acceptors (Lipinski definition) is 6. The number of ketones is 1. The van der Waals surface area contributed by atoms with E-state index in [2.05, 4.69) is 13.8 Å². The van der Waals surface area contributed by atoms with Crippen LogP contribution in [0.15, 0.2) is 54.1 Å². The number of amides is 1. The van der Waals surface area contributed by atoms with E-state index in [0.717, 1.165) is 0 Å². The van der Waals surface area contributed by atoms with Crippen LogP contribution in [0, 0.1) is 5.92 Å². The normalized spacial score (nSPS) is 17.8. The van der Waals surface area contributed by atoms with E-state index in [-0.39, 0.29) is 24.5 Å². The predicted molar refractivity (Wildman–Crippen MR) is 121 cm³/mol. The zero-order valence-electron chi connectivity index (χ0n) is 18.8. The van der Waals surface area contributed by atoms with Gasteiger partial charge < -0.3 is 24.2 Å². The highest BCUT2D eigenvalue weighted by Crippen LogP contribution is 2.42. The minimum absolute atomic E-state index is 0.0199. The number of aliphatic hydroxyl groups is 1. The van der Waals surface area contributed by atoms with Gasteiger partial charge in [-0.2, -0.15) is 0 Å². The van der Waals surface area contributed by atoms with E-state index in [1.807, 2.05) is 0 Å². The number of ether oxygens (including phenoxy) is 3. The lowest BCUT2D eigenvalue weighted by atomic mass is 9.94. The first kappa shape index (κ1) is 23.3. The van der Waals surface area contributed by atoms with Gasteiger partial charge in [-0.25, -0.2) is 0 Å². The van der Waals surface area contributed by atoms with E-state index in [0.29, 0.717) is 35.2 Å². The molecule has 1 fully saturated rings. The van der Waals surface area contributed by atoms with Crippen molar-refractivity contribution in [1.29, 1.82) is 0 Å². The molecule has 0 saturated carbocycles. The van der Waals surface area contributed by atoms with Gasteiger partial charge in [-0.05, 0) is 36.2 Å². The summed E-state index contributed by atoms with van der Waals surface area (Å²) < 4.78 is 16.3. The molecule has 170 valence electrons. The number of carbonyl (C=O) groups excluding carboxylic acids is 2. The first-order chi connectivity index (χ1) is 15.4. The highest BCUT2D eigenvalue weighted by molar-refractivity contribution is 6.46. The second-order valence-corrected chi connectivity index (χ2v) is 7.96. The smallest absolute Gasteiger partial charge is 0.295 e. The second-order valence-electron chi connectivity index (χ2n) is 7.96. The lowest BCUT2D eigenvalue weighted by Crippen LogP contribution is -2.32. The Kier molecular flexibility index (Phi) is 7.53. The Hall–Kier alpha value is -3.32. The average molecular weight is 440 g/mol. The van der Waals surface area contributed by atoms with E-state index >= 15 is 0 Å². The third-order valence-electron chi connectivity index (χ3n) is 5.22. The fourth-order valence-corrected chi connectivity index (χ4v) is 3.64. The molecule has 0 bridgehead atoms. The van der Waals surface area contributed by atoms with Crippen molar-refractivity contribution >= 4 is 17.4 Å². The summed E-state index contributed by atoms with van der Waals surface area (Å²) in [4.78, 5) is 27.3. The molecule has 7 heteroatoms. The number of benzene rings is 2. The lowest BCUT2D eigenvalue weighted by molar-refractivity contribution is -0.140. The van der Waals surface area contributed by atoms with Gasteiger partial charge in [0.25, 0.3) is 11.7 Å². The molecule has 1 unspecified atom stereocenters. The molecular formula is C25H29NO6. The number of Topliss-reactive ketones (excluding diaryl/α,β-unsaturated/α-hetero) is 1. The van der Waals surface area contributed by atoms with E-state index < -0.39 is 17.7 Å². The molecule has 1 heterocycles. The van der Waals surface area contributed by atoms with Crippen molar-refractivity contribution < 1.29 is 28.9 Å². The van der Waals surface area contributed by atoms with Gasteiger partial charge in [-0.3, -0.25) is 9.59 Å². The van der Waals surface area contributed by atoms with Crippen LogP contribution in [0.2, 0.25) is 0 Å². The van der Waals surface area contributed by atoms with Gasteiger partial charge in [0.15, 0.2) is 0 Å². The summed E-state index contributed by atoms with van der Waals surface area (Å²) in [6, 6.07) is 13.2. The molecule has 1 aliphatic heterocycles. The molecular weight excluding hydrogens is 410 g/mol. The number of nitrogens with zero attached hydrogens (tertiary/aromatic N) is 1. The number of hydrogen-bond donors (Lipinski definition) is 1. The minimum Gasteiger partial charge on any atom is -0.507 e. The third kappa shape index (κ3) is 4.78. The average Bonchev–Trinajstić information content (AvgIpc) is 3.05. The number of aliphatic hydroxyl groups excluding tert-OH is 1. The van der Waals surface area contributed by atoms with Gasteiger partial charge in [-0.15, -0.1) is 0 Å². The van der Waals surface area contributed by atoms with Gasteiger partial charge in [0.1, 0.15) is 17.3 Å². The van der Waals surface area contributed by atoms with Crippen LogP contribution in [0.4, 0.5) is 0 Å². The van der Waals surface area contributed by atoms with E-state index in [9.17, 15) is 14.7 Å². The summed E-state index contributed by atoms with van der Waals surface area (Å²) in [5.74, 6) is -0.102. The Morgan fingerprint density at radius 1 is 1.06 bits per heavy atom. The van der Waals surface area contributed by atoms with Gasteiger partial charge >= 0.3 is 0 Å². The number of carbonyl (C=O) groups is 2. The van der Waals surface area contributed by atoms with Crippen molar-refractivity contribution in [1.82, 2.24) is 4.90 Å². The van der Waals surface area contributed by atoms with Gasteiger partial charge in [-0.1, -0.05) is 32.0 Å². The monoisotopic (exact) mass is 439 g/mol. The van der Waals surface area contributed by atoms with Crippen LogP contribution in [-0.4, -0.2) is 55.7 Å².